The number of nitrogens with one attached hydrogen (secondary N) is 1. The van der Waals surface area contributed by atoms with Gasteiger partial charge in [-0.2, -0.15) is 0 Å². The van der Waals surface area contributed by atoms with Gasteiger partial charge in [0.05, 0.1) is 0 Å². The Labute approximate surface area is 108 Å². The van der Waals surface area contributed by atoms with Gasteiger partial charge in [-0.25, -0.2) is 0 Å². The standard InChI is InChI=1S/C13H22N4O/c1-10(11-4-7-15-8-5-11)16-9-6-13(2,3)12(14)17-18/h4-5,7-8,10,16,18H,6,9H2,1-3H3,(H2,14,17). The van der Waals surface area contributed by atoms with Gasteiger partial charge in [0.15, 0.2) is 0 Å². The monoisotopic (exact) mass is 250 g/mol. The predicted molar refractivity (Wildman–Crippen MR) is 72.5 cm³/mol. The van der Waals surface area contributed by atoms with Gasteiger partial charge in [-0.15, -0.1) is 0 Å². The highest BCUT2D eigenvalue weighted by Gasteiger charge is 2.23. The third-order valence-corrected chi connectivity index (χ3v) is 3.21. The fourth-order valence-electron chi connectivity index (χ4n) is 1.63. The van der Waals surface area contributed by atoms with Crippen molar-refractivity contribution in [1.82, 2.24) is 10.3 Å². The lowest BCUT2D eigenvalue weighted by molar-refractivity contribution is 0.304. The van der Waals surface area contributed by atoms with Crippen molar-refractivity contribution in [1.29, 1.82) is 0 Å². The summed E-state index contributed by atoms with van der Waals surface area (Å²) in [6.07, 6.45) is 4.38. The number of pyridine rings is 1. The number of hydrogen-bond donors (Lipinski definition) is 3. The molecule has 0 aromatic carbocycles. The van der Waals surface area contributed by atoms with Gasteiger partial charge in [-0.05, 0) is 37.6 Å². The molecule has 0 radical (unpaired) electrons. The Morgan fingerprint density at radius 1 is 1.50 bits per heavy atom. The van der Waals surface area contributed by atoms with E-state index in [1.54, 1.807) is 12.4 Å². The summed E-state index contributed by atoms with van der Waals surface area (Å²) in [5.74, 6) is 0.265. The highest BCUT2D eigenvalue weighted by atomic mass is 16.4. The topological polar surface area (TPSA) is 83.5 Å². The van der Waals surface area contributed by atoms with Gasteiger partial charge in [0.2, 0.25) is 0 Å². The van der Waals surface area contributed by atoms with Crippen molar-refractivity contribution < 1.29 is 5.21 Å². The molecular weight excluding hydrogens is 228 g/mol. The molecule has 0 bridgehead atoms. The average molecular weight is 250 g/mol. The SMILES string of the molecule is CC(NCCC(C)(C)C(N)=NO)c1ccncc1. The molecule has 1 atom stereocenters. The number of aromatic nitrogens is 1. The van der Waals surface area contributed by atoms with E-state index in [1.807, 2.05) is 26.0 Å². The highest BCUT2D eigenvalue weighted by molar-refractivity contribution is 5.85. The van der Waals surface area contributed by atoms with E-state index in [4.69, 9.17) is 10.9 Å². The van der Waals surface area contributed by atoms with Crippen LogP contribution in [0.4, 0.5) is 0 Å². The molecular formula is C13H22N4O. The van der Waals surface area contributed by atoms with Crippen LogP contribution in [0.15, 0.2) is 29.7 Å². The van der Waals surface area contributed by atoms with E-state index in [0.29, 0.717) is 0 Å². The first kappa shape index (κ1) is 14.4. The van der Waals surface area contributed by atoms with E-state index in [-0.39, 0.29) is 17.3 Å². The molecule has 0 amide bonds. The second-order valence-electron chi connectivity index (χ2n) is 5.08. The molecule has 1 heterocycles. The van der Waals surface area contributed by atoms with Crippen molar-refractivity contribution in [2.45, 2.75) is 33.2 Å². The second-order valence-corrected chi connectivity index (χ2v) is 5.08. The molecule has 0 aliphatic heterocycles. The quantitative estimate of drug-likeness (QED) is 0.311. The minimum Gasteiger partial charge on any atom is -0.409 e. The number of nitrogens with two attached hydrogens (primary N) is 1. The molecule has 5 nitrogen and oxygen atoms in total. The van der Waals surface area contributed by atoms with Crippen LogP contribution in [-0.4, -0.2) is 22.6 Å². The Bertz CT molecular complexity index is 389. The molecule has 0 saturated heterocycles. The normalized spacial score (nSPS) is 14.5. The summed E-state index contributed by atoms with van der Waals surface area (Å²) < 4.78 is 0. The van der Waals surface area contributed by atoms with Gasteiger partial charge in [-0.1, -0.05) is 19.0 Å². The van der Waals surface area contributed by atoms with Crippen LogP contribution in [0, 0.1) is 5.41 Å². The van der Waals surface area contributed by atoms with Crippen LogP contribution < -0.4 is 11.1 Å². The van der Waals surface area contributed by atoms with E-state index in [9.17, 15) is 0 Å². The second kappa shape index (κ2) is 6.35. The predicted octanol–water partition coefficient (Wildman–Crippen LogP) is 1.89. The minimum absolute atomic E-state index is 0.260. The minimum atomic E-state index is -0.306. The van der Waals surface area contributed by atoms with Gasteiger partial charge in [0.1, 0.15) is 5.84 Å². The molecule has 18 heavy (non-hydrogen) atoms. The number of hydrogen-bond acceptors (Lipinski definition) is 4. The van der Waals surface area contributed by atoms with Crippen molar-refractivity contribution in [3.63, 3.8) is 0 Å². The van der Waals surface area contributed by atoms with Crippen LogP contribution in [0.2, 0.25) is 0 Å². The smallest absolute Gasteiger partial charge is 0.144 e. The lowest BCUT2D eigenvalue weighted by Crippen LogP contribution is -2.35. The van der Waals surface area contributed by atoms with Crippen LogP contribution in [-0.2, 0) is 0 Å². The largest absolute Gasteiger partial charge is 0.409 e. The first-order valence-electron chi connectivity index (χ1n) is 6.08. The van der Waals surface area contributed by atoms with Crippen molar-refractivity contribution in [2.24, 2.45) is 16.3 Å². The van der Waals surface area contributed by atoms with E-state index >= 15 is 0 Å². The summed E-state index contributed by atoms with van der Waals surface area (Å²) in [6.45, 7) is 6.82. The maximum absolute atomic E-state index is 8.69. The zero-order chi connectivity index (χ0) is 13.6. The van der Waals surface area contributed by atoms with Gasteiger partial charge in [-0.3, -0.25) is 4.98 Å². The van der Waals surface area contributed by atoms with E-state index < -0.39 is 0 Å². The molecule has 1 rings (SSSR count). The molecule has 0 aliphatic carbocycles. The van der Waals surface area contributed by atoms with Crippen LogP contribution in [0.5, 0.6) is 0 Å². The molecule has 0 fully saturated rings. The van der Waals surface area contributed by atoms with Gasteiger partial charge in [0.25, 0.3) is 0 Å². The Hall–Kier alpha value is -1.62. The zero-order valence-corrected chi connectivity index (χ0v) is 11.2. The number of rotatable bonds is 6. The molecule has 4 N–H and O–H groups in total. The van der Waals surface area contributed by atoms with E-state index in [0.717, 1.165) is 13.0 Å². The van der Waals surface area contributed by atoms with E-state index in [2.05, 4.69) is 22.4 Å². The Morgan fingerprint density at radius 2 is 2.11 bits per heavy atom. The summed E-state index contributed by atoms with van der Waals surface area (Å²) in [7, 11) is 0. The van der Waals surface area contributed by atoms with Crippen LogP contribution in [0.25, 0.3) is 0 Å². The molecule has 1 aromatic heterocycles. The van der Waals surface area contributed by atoms with Crippen molar-refractivity contribution in [3.8, 4) is 0 Å². The molecule has 5 heteroatoms. The lowest BCUT2D eigenvalue weighted by atomic mass is 9.88. The van der Waals surface area contributed by atoms with Gasteiger partial charge >= 0.3 is 0 Å². The molecule has 0 aliphatic rings. The summed E-state index contributed by atoms with van der Waals surface area (Å²) in [5, 5.41) is 15.2. The average Bonchev–Trinajstić information content (AvgIpc) is 2.38. The molecule has 1 unspecified atom stereocenters. The van der Waals surface area contributed by atoms with Crippen molar-refractivity contribution in [2.75, 3.05) is 6.54 Å². The summed E-state index contributed by atoms with van der Waals surface area (Å²) in [5.41, 5.74) is 6.54. The maximum Gasteiger partial charge on any atom is 0.144 e. The van der Waals surface area contributed by atoms with Crippen LogP contribution >= 0.6 is 0 Å². The number of amidine groups is 1. The molecule has 0 spiro atoms. The van der Waals surface area contributed by atoms with Crippen LogP contribution in [0.3, 0.4) is 0 Å². The Balaban J connectivity index is 2.43. The third kappa shape index (κ3) is 4.00. The summed E-state index contributed by atoms with van der Waals surface area (Å²) >= 11 is 0. The molecule has 0 saturated carbocycles. The molecule has 1 aromatic rings. The summed E-state index contributed by atoms with van der Waals surface area (Å²) in [4.78, 5) is 3.99. The fourth-order valence-corrected chi connectivity index (χ4v) is 1.63. The van der Waals surface area contributed by atoms with Crippen LogP contribution in [0.1, 0.15) is 38.8 Å². The highest BCUT2D eigenvalue weighted by Crippen LogP contribution is 2.20. The summed E-state index contributed by atoms with van der Waals surface area (Å²) in [6, 6.07) is 4.25. The Morgan fingerprint density at radius 3 is 2.67 bits per heavy atom. The van der Waals surface area contributed by atoms with Gasteiger partial charge in [0, 0.05) is 23.9 Å². The Kier molecular flexibility index (Phi) is 5.09. The first-order chi connectivity index (χ1) is 8.47. The van der Waals surface area contributed by atoms with Crippen molar-refractivity contribution >= 4 is 5.84 Å². The first-order valence-corrected chi connectivity index (χ1v) is 6.08. The maximum atomic E-state index is 8.69. The van der Waals surface area contributed by atoms with Gasteiger partial charge < -0.3 is 16.3 Å². The van der Waals surface area contributed by atoms with Crippen molar-refractivity contribution in [3.05, 3.63) is 30.1 Å². The van der Waals surface area contributed by atoms with E-state index in [1.165, 1.54) is 5.56 Å². The number of oxime groups is 1. The third-order valence-electron chi connectivity index (χ3n) is 3.21. The lowest BCUT2D eigenvalue weighted by Gasteiger charge is -2.24. The fraction of sp³-hybridized carbons (Fsp3) is 0.538. The number of nitrogens with zero attached hydrogens (tertiary/aromatic N) is 2. The zero-order valence-electron chi connectivity index (χ0n) is 11.2. The molecule has 100 valence electrons.